The first kappa shape index (κ1) is 15.4. The second-order valence-electron chi connectivity index (χ2n) is 5.74. The number of nitrogens with zero attached hydrogens (tertiary/aromatic N) is 2. The monoisotopic (exact) mass is 291 g/mol. The highest BCUT2D eigenvalue weighted by Crippen LogP contribution is 2.25. The highest BCUT2D eigenvalue weighted by Gasteiger charge is 2.29. The highest BCUT2D eigenvalue weighted by molar-refractivity contribution is 5.95. The van der Waals surface area contributed by atoms with Crippen LogP contribution in [0.15, 0.2) is 18.2 Å². The van der Waals surface area contributed by atoms with Gasteiger partial charge in [-0.1, -0.05) is 0 Å². The molecule has 2 atom stereocenters. The van der Waals surface area contributed by atoms with Gasteiger partial charge in [-0.05, 0) is 51.3 Å². The van der Waals surface area contributed by atoms with Crippen LogP contribution < -0.4 is 5.73 Å². The van der Waals surface area contributed by atoms with Crippen molar-refractivity contribution in [2.75, 3.05) is 13.1 Å². The lowest BCUT2D eigenvalue weighted by atomic mass is 9.93. The van der Waals surface area contributed by atoms with E-state index in [0.29, 0.717) is 30.1 Å². The van der Waals surface area contributed by atoms with E-state index in [0.717, 1.165) is 12.8 Å². The highest BCUT2D eigenvalue weighted by atomic mass is 16.6. The Morgan fingerprint density at radius 3 is 2.76 bits per heavy atom. The number of benzene rings is 1. The van der Waals surface area contributed by atoms with Crippen LogP contribution in [-0.2, 0) is 0 Å². The van der Waals surface area contributed by atoms with Gasteiger partial charge in [0.05, 0.1) is 4.92 Å². The quantitative estimate of drug-likeness (QED) is 0.682. The molecule has 1 aliphatic rings. The Hall–Kier alpha value is -1.95. The van der Waals surface area contributed by atoms with E-state index >= 15 is 0 Å². The number of carbonyl (C=O) groups is 1. The minimum Gasteiger partial charge on any atom is -0.336 e. The van der Waals surface area contributed by atoms with E-state index < -0.39 is 4.92 Å². The van der Waals surface area contributed by atoms with Gasteiger partial charge in [0.25, 0.3) is 11.6 Å². The minimum atomic E-state index is -0.433. The second kappa shape index (κ2) is 6.22. The molecule has 0 bridgehead atoms. The minimum absolute atomic E-state index is 0.0399. The van der Waals surface area contributed by atoms with Crippen LogP contribution in [0.5, 0.6) is 0 Å². The molecule has 0 spiro atoms. The third-order valence-electron chi connectivity index (χ3n) is 4.21. The Labute approximate surface area is 124 Å². The number of rotatable bonds is 3. The molecule has 0 saturated carbocycles. The Kier molecular flexibility index (Phi) is 4.57. The lowest BCUT2D eigenvalue weighted by Gasteiger charge is -2.37. The Morgan fingerprint density at radius 1 is 1.48 bits per heavy atom. The molecule has 0 aliphatic carbocycles. The number of nitro groups is 1. The fraction of sp³-hybridized carbons (Fsp3) is 0.533. The van der Waals surface area contributed by atoms with E-state index in [2.05, 4.69) is 0 Å². The van der Waals surface area contributed by atoms with Crippen LogP contribution in [0.1, 0.15) is 35.7 Å². The lowest BCUT2D eigenvalue weighted by Crippen LogP contribution is -2.47. The van der Waals surface area contributed by atoms with Crippen molar-refractivity contribution in [1.82, 2.24) is 4.90 Å². The molecular weight excluding hydrogens is 270 g/mol. The molecule has 2 N–H and O–H groups in total. The van der Waals surface area contributed by atoms with Crippen molar-refractivity contribution in [1.29, 1.82) is 0 Å². The van der Waals surface area contributed by atoms with Crippen molar-refractivity contribution >= 4 is 11.6 Å². The summed E-state index contributed by atoms with van der Waals surface area (Å²) in [6.07, 6.45) is 1.99. The molecule has 0 radical (unpaired) electrons. The molecule has 2 unspecified atom stereocenters. The fourth-order valence-corrected chi connectivity index (χ4v) is 2.82. The second-order valence-corrected chi connectivity index (χ2v) is 5.74. The molecular formula is C15H21N3O3. The molecule has 1 aliphatic heterocycles. The summed E-state index contributed by atoms with van der Waals surface area (Å²) in [5, 5.41) is 10.8. The van der Waals surface area contributed by atoms with Gasteiger partial charge in [0.15, 0.2) is 0 Å². The maximum Gasteiger partial charge on any atom is 0.272 e. The van der Waals surface area contributed by atoms with Crippen molar-refractivity contribution in [2.24, 2.45) is 11.7 Å². The van der Waals surface area contributed by atoms with E-state index in [1.165, 1.54) is 12.1 Å². The molecule has 1 aromatic carbocycles. The van der Waals surface area contributed by atoms with Crippen LogP contribution in [0, 0.1) is 23.0 Å². The van der Waals surface area contributed by atoms with Gasteiger partial charge in [-0.3, -0.25) is 14.9 Å². The number of likely N-dealkylation sites (tertiary alicyclic amines) is 1. The molecule has 1 amide bonds. The standard InChI is InChI=1S/C15H21N3O3/c1-10-7-13(5-6-14(10)18(20)21)15(19)17-9-12(8-16)4-3-11(17)2/h5-7,11-12H,3-4,8-9,16H2,1-2H3. The smallest absolute Gasteiger partial charge is 0.272 e. The largest absolute Gasteiger partial charge is 0.336 e. The summed E-state index contributed by atoms with van der Waals surface area (Å²) in [5.41, 5.74) is 6.76. The molecule has 1 fully saturated rings. The number of piperidine rings is 1. The first-order valence-corrected chi connectivity index (χ1v) is 7.20. The van der Waals surface area contributed by atoms with E-state index in [9.17, 15) is 14.9 Å². The van der Waals surface area contributed by atoms with Crippen LogP contribution in [0.3, 0.4) is 0 Å². The van der Waals surface area contributed by atoms with Gasteiger partial charge in [-0.25, -0.2) is 0 Å². The summed E-state index contributed by atoms with van der Waals surface area (Å²) >= 11 is 0. The summed E-state index contributed by atoms with van der Waals surface area (Å²) < 4.78 is 0. The number of aryl methyl sites for hydroxylation is 1. The predicted molar refractivity (Wildman–Crippen MR) is 80.1 cm³/mol. The molecule has 1 saturated heterocycles. The zero-order valence-electron chi connectivity index (χ0n) is 12.4. The molecule has 2 rings (SSSR count). The SMILES string of the molecule is Cc1cc(C(=O)N2CC(CN)CCC2C)ccc1[N+](=O)[O-]. The third-order valence-corrected chi connectivity index (χ3v) is 4.21. The molecule has 6 nitrogen and oxygen atoms in total. The van der Waals surface area contributed by atoms with Crippen molar-refractivity contribution in [3.8, 4) is 0 Å². The molecule has 0 aromatic heterocycles. The summed E-state index contributed by atoms with van der Waals surface area (Å²) in [6, 6.07) is 4.71. The summed E-state index contributed by atoms with van der Waals surface area (Å²) in [7, 11) is 0. The Morgan fingerprint density at radius 2 is 2.19 bits per heavy atom. The number of amides is 1. The number of nitro benzene ring substituents is 1. The average Bonchev–Trinajstić information content (AvgIpc) is 2.46. The summed E-state index contributed by atoms with van der Waals surface area (Å²) in [4.78, 5) is 24.9. The molecule has 1 heterocycles. The molecule has 1 aromatic rings. The predicted octanol–water partition coefficient (Wildman–Crippen LogP) is 2.10. The lowest BCUT2D eigenvalue weighted by molar-refractivity contribution is -0.385. The maximum absolute atomic E-state index is 12.6. The van der Waals surface area contributed by atoms with E-state index in [-0.39, 0.29) is 17.6 Å². The summed E-state index contributed by atoms with van der Waals surface area (Å²) in [6.45, 7) is 4.92. The van der Waals surface area contributed by atoms with E-state index in [1.807, 2.05) is 11.8 Å². The van der Waals surface area contributed by atoms with Gasteiger partial charge in [0, 0.05) is 29.8 Å². The Balaban J connectivity index is 2.22. The van der Waals surface area contributed by atoms with Crippen molar-refractivity contribution in [3.63, 3.8) is 0 Å². The van der Waals surface area contributed by atoms with Gasteiger partial charge in [-0.15, -0.1) is 0 Å². The number of hydrogen-bond acceptors (Lipinski definition) is 4. The van der Waals surface area contributed by atoms with Crippen molar-refractivity contribution in [3.05, 3.63) is 39.4 Å². The first-order valence-electron chi connectivity index (χ1n) is 7.20. The van der Waals surface area contributed by atoms with Crippen molar-refractivity contribution in [2.45, 2.75) is 32.7 Å². The van der Waals surface area contributed by atoms with Gasteiger partial charge in [0.2, 0.25) is 0 Å². The third kappa shape index (κ3) is 3.21. The van der Waals surface area contributed by atoms with Gasteiger partial charge in [-0.2, -0.15) is 0 Å². The van der Waals surface area contributed by atoms with E-state index in [1.54, 1.807) is 13.0 Å². The molecule has 21 heavy (non-hydrogen) atoms. The van der Waals surface area contributed by atoms with Crippen molar-refractivity contribution < 1.29 is 9.72 Å². The number of nitrogens with two attached hydrogens (primary N) is 1. The normalized spacial score (nSPS) is 22.1. The van der Waals surface area contributed by atoms with Crippen LogP contribution in [0.4, 0.5) is 5.69 Å². The van der Waals surface area contributed by atoms with Crippen LogP contribution in [0.25, 0.3) is 0 Å². The first-order chi connectivity index (χ1) is 9.93. The summed E-state index contributed by atoms with van der Waals surface area (Å²) in [5.74, 6) is 0.267. The van der Waals surface area contributed by atoms with Crippen LogP contribution in [-0.4, -0.2) is 34.9 Å². The topological polar surface area (TPSA) is 89.5 Å². The van der Waals surface area contributed by atoms with Gasteiger partial charge >= 0.3 is 0 Å². The zero-order chi connectivity index (χ0) is 15.6. The number of hydrogen-bond donors (Lipinski definition) is 1. The van der Waals surface area contributed by atoms with Crippen LogP contribution in [0.2, 0.25) is 0 Å². The molecule has 114 valence electrons. The van der Waals surface area contributed by atoms with Gasteiger partial charge < -0.3 is 10.6 Å². The fourth-order valence-electron chi connectivity index (χ4n) is 2.82. The number of carbonyl (C=O) groups excluding carboxylic acids is 1. The molecule has 6 heteroatoms. The van der Waals surface area contributed by atoms with Crippen LogP contribution >= 0.6 is 0 Å². The Bertz CT molecular complexity index is 559. The average molecular weight is 291 g/mol. The zero-order valence-corrected chi connectivity index (χ0v) is 12.4. The maximum atomic E-state index is 12.6. The van der Waals surface area contributed by atoms with E-state index in [4.69, 9.17) is 5.73 Å². The van der Waals surface area contributed by atoms with Gasteiger partial charge in [0.1, 0.15) is 0 Å².